The highest BCUT2D eigenvalue weighted by atomic mass is 32.2. The Morgan fingerprint density at radius 1 is 1.00 bits per heavy atom. The highest BCUT2D eigenvalue weighted by Crippen LogP contribution is 2.30. The van der Waals surface area contributed by atoms with E-state index >= 15 is 0 Å². The fraction of sp³-hybridized carbons (Fsp3) is 0.208. The van der Waals surface area contributed by atoms with E-state index in [2.05, 4.69) is 50.8 Å². The molecule has 0 saturated carbocycles. The molecule has 0 aliphatic rings. The van der Waals surface area contributed by atoms with Crippen LogP contribution in [0.1, 0.15) is 12.0 Å². The van der Waals surface area contributed by atoms with E-state index in [0.717, 1.165) is 22.9 Å². The van der Waals surface area contributed by atoms with E-state index in [-0.39, 0.29) is 11.1 Å². The standard InChI is InChI=1S/C24H25N3O3S2/c1-25-32(28,29)20-13-14-22-21(16-20)24(27-31-22)26-23(30-2)15-10-17-8-11-19(12-9-17)18-6-4-3-5-7-18/h3-9,11-14,16,23,25H,10,15H2,1-2H3,(H,26,27). The Hall–Kier alpha value is -2.78. The summed E-state index contributed by atoms with van der Waals surface area (Å²) >= 11 is 1.32. The zero-order valence-corrected chi connectivity index (χ0v) is 19.5. The van der Waals surface area contributed by atoms with Crippen molar-refractivity contribution in [1.29, 1.82) is 0 Å². The number of sulfonamides is 1. The molecule has 166 valence electrons. The maximum Gasteiger partial charge on any atom is 0.240 e. The fourth-order valence-electron chi connectivity index (χ4n) is 3.50. The Balaban J connectivity index is 1.45. The van der Waals surface area contributed by atoms with Crippen molar-refractivity contribution in [1.82, 2.24) is 9.10 Å². The van der Waals surface area contributed by atoms with Gasteiger partial charge in [-0.15, -0.1) is 0 Å². The average molecular weight is 468 g/mol. The average Bonchev–Trinajstić information content (AvgIpc) is 3.24. The summed E-state index contributed by atoms with van der Waals surface area (Å²) in [5, 5.41) is 4.08. The predicted octanol–water partition coefficient (Wildman–Crippen LogP) is 4.89. The summed E-state index contributed by atoms with van der Waals surface area (Å²) in [6.45, 7) is 0. The van der Waals surface area contributed by atoms with Crippen molar-refractivity contribution in [2.24, 2.45) is 0 Å². The van der Waals surface area contributed by atoms with Crippen molar-refractivity contribution < 1.29 is 13.2 Å². The number of nitrogens with one attached hydrogen (secondary N) is 2. The van der Waals surface area contributed by atoms with E-state index in [1.807, 2.05) is 18.2 Å². The lowest BCUT2D eigenvalue weighted by atomic mass is 10.0. The number of aromatic nitrogens is 1. The minimum Gasteiger partial charge on any atom is -0.362 e. The molecule has 4 aromatic rings. The number of nitrogens with zero attached hydrogens (tertiary/aromatic N) is 1. The van der Waals surface area contributed by atoms with E-state index in [0.29, 0.717) is 5.82 Å². The molecule has 1 heterocycles. The molecule has 0 bridgehead atoms. The zero-order valence-electron chi connectivity index (χ0n) is 17.9. The summed E-state index contributed by atoms with van der Waals surface area (Å²) in [6, 6.07) is 23.9. The van der Waals surface area contributed by atoms with Crippen LogP contribution in [0.2, 0.25) is 0 Å². The molecule has 0 fully saturated rings. The van der Waals surface area contributed by atoms with Crippen LogP contribution in [-0.2, 0) is 21.2 Å². The van der Waals surface area contributed by atoms with Gasteiger partial charge in [-0.2, -0.15) is 4.37 Å². The molecule has 4 rings (SSSR count). The number of hydrogen-bond donors (Lipinski definition) is 2. The maximum atomic E-state index is 12.2. The molecular formula is C24H25N3O3S2. The van der Waals surface area contributed by atoms with Crippen LogP contribution < -0.4 is 10.0 Å². The van der Waals surface area contributed by atoms with Crippen LogP contribution in [0.25, 0.3) is 21.2 Å². The topological polar surface area (TPSA) is 80.3 Å². The van der Waals surface area contributed by atoms with Gasteiger partial charge in [0.05, 0.1) is 9.60 Å². The molecule has 3 aromatic carbocycles. The minimum atomic E-state index is -3.52. The van der Waals surface area contributed by atoms with Crippen LogP contribution in [0, 0.1) is 0 Å². The SMILES string of the molecule is CNS(=O)(=O)c1ccc2snc(NC(CCc3ccc(-c4ccccc4)cc3)OC)c2c1. The van der Waals surface area contributed by atoms with Crippen molar-refractivity contribution in [3.05, 3.63) is 78.4 Å². The first-order valence-electron chi connectivity index (χ1n) is 10.3. The molecule has 0 amide bonds. The van der Waals surface area contributed by atoms with Crippen LogP contribution >= 0.6 is 11.5 Å². The molecule has 6 nitrogen and oxygen atoms in total. The van der Waals surface area contributed by atoms with Gasteiger partial charge < -0.3 is 10.1 Å². The highest BCUT2D eigenvalue weighted by molar-refractivity contribution is 7.89. The molecule has 1 atom stereocenters. The lowest BCUT2D eigenvalue weighted by Gasteiger charge is -2.17. The van der Waals surface area contributed by atoms with E-state index in [9.17, 15) is 8.42 Å². The van der Waals surface area contributed by atoms with Gasteiger partial charge >= 0.3 is 0 Å². The summed E-state index contributed by atoms with van der Waals surface area (Å²) in [4.78, 5) is 0.211. The van der Waals surface area contributed by atoms with Crippen LogP contribution in [0.5, 0.6) is 0 Å². The number of fused-ring (bicyclic) bond motifs is 1. The summed E-state index contributed by atoms with van der Waals surface area (Å²) in [6.07, 6.45) is 1.33. The number of hydrogen-bond acceptors (Lipinski definition) is 6. The number of methoxy groups -OCH3 is 1. The molecule has 32 heavy (non-hydrogen) atoms. The largest absolute Gasteiger partial charge is 0.362 e. The molecule has 8 heteroatoms. The summed E-state index contributed by atoms with van der Waals surface area (Å²) < 4.78 is 37.7. The summed E-state index contributed by atoms with van der Waals surface area (Å²) in [5.41, 5.74) is 3.61. The van der Waals surface area contributed by atoms with E-state index in [4.69, 9.17) is 4.74 Å². The Morgan fingerprint density at radius 3 is 2.41 bits per heavy atom. The van der Waals surface area contributed by atoms with Crippen molar-refractivity contribution in [3.8, 4) is 11.1 Å². The summed E-state index contributed by atoms with van der Waals surface area (Å²) in [5.74, 6) is 0.629. The second-order valence-corrected chi connectivity index (χ2v) is 10.1. The van der Waals surface area contributed by atoms with Gasteiger partial charge in [-0.25, -0.2) is 13.1 Å². The molecular weight excluding hydrogens is 442 g/mol. The number of anilines is 1. The molecule has 1 aromatic heterocycles. The van der Waals surface area contributed by atoms with Crippen LogP contribution in [-0.4, -0.2) is 33.2 Å². The number of ether oxygens (including phenoxy) is 1. The van der Waals surface area contributed by atoms with Crippen LogP contribution in [0.4, 0.5) is 5.82 Å². The first-order valence-corrected chi connectivity index (χ1v) is 12.5. The summed E-state index contributed by atoms with van der Waals surface area (Å²) in [7, 11) is -0.465. The lowest BCUT2D eigenvalue weighted by molar-refractivity contribution is 0.118. The molecule has 0 aliphatic heterocycles. The van der Waals surface area contributed by atoms with Gasteiger partial charge in [0.1, 0.15) is 12.0 Å². The third-order valence-electron chi connectivity index (χ3n) is 5.36. The fourth-order valence-corrected chi connectivity index (χ4v) is 4.98. The van der Waals surface area contributed by atoms with Crippen molar-refractivity contribution in [2.45, 2.75) is 24.0 Å². The molecule has 0 aliphatic carbocycles. The Labute approximate surface area is 192 Å². The molecule has 2 N–H and O–H groups in total. The Morgan fingerprint density at radius 2 is 1.72 bits per heavy atom. The number of aryl methyl sites for hydroxylation is 1. The van der Waals surface area contributed by atoms with E-state index in [1.54, 1.807) is 25.3 Å². The highest BCUT2D eigenvalue weighted by Gasteiger charge is 2.17. The Kier molecular flexibility index (Phi) is 6.86. The first kappa shape index (κ1) is 22.4. The van der Waals surface area contributed by atoms with Gasteiger partial charge in [-0.3, -0.25) is 0 Å². The predicted molar refractivity (Wildman–Crippen MR) is 130 cm³/mol. The molecule has 0 spiro atoms. The van der Waals surface area contributed by atoms with Crippen LogP contribution in [0.15, 0.2) is 77.7 Å². The number of benzene rings is 3. The Bertz CT molecular complexity index is 1290. The molecule has 1 unspecified atom stereocenters. The van der Waals surface area contributed by atoms with Crippen LogP contribution in [0.3, 0.4) is 0 Å². The molecule has 0 radical (unpaired) electrons. The first-order chi connectivity index (χ1) is 15.5. The van der Waals surface area contributed by atoms with Gasteiger partial charge in [0.15, 0.2) is 0 Å². The van der Waals surface area contributed by atoms with Crippen molar-refractivity contribution in [3.63, 3.8) is 0 Å². The maximum absolute atomic E-state index is 12.2. The van der Waals surface area contributed by atoms with E-state index < -0.39 is 10.0 Å². The zero-order chi connectivity index (χ0) is 22.6. The van der Waals surface area contributed by atoms with Crippen molar-refractivity contribution in [2.75, 3.05) is 19.5 Å². The quantitative estimate of drug-likeness (QED) is 0.343. The van der Waals surface area contributed by atoms with Crippen molar-refractivity contribution >= 4 is 37.5 Å². The second kappa shape index (κ2) is 9.79. The monoisotopic (exact) mass is 467 g/mol. The normalized spacial score (nSPS) is 12.7. The van der Waals surface area contributed by atoms with Gasteiger partial charge in [0.25, 0.3) is 0 Å². The van der Waals surface area contributed by atoms with Gasteiger partial charge in [0.2, 0.25) is 10.0 Å². The molecule has 0 saturated heterocycles. The third-order valence-corrected chi connectivity index (χ3v) is 7.60. The minimum absolute atomic E-state index is 0.211. The van der Waals surface area contributed by atoms with Gasteiger partial charge in [-0.1, -0.05) is 54.6 Å². The number of rotatable bonds is 9. The smallest absolute Gasteiger partial charge is 0.240 e. The third kappa shape index (κ3) is 4.99. The lowest BCUT2D eigenvalue weighted by Crippen LogP contribution is -2.22. The second-order valence-electron chi connectivity index (χ2n) is 7.37. The van der Waals surface area contributed by atoms with Gasteiger partial charge in [-0.05, 0) is 66.3 Å². The van der Waals surface area contributed by atoms with E-state index in [1.165, 1.54) is 35.3 Å². The van der Waals surface area contributed by atoms with Gasteiger partial charge in [0, 0.05) is 12.5 Å².